The number of carbonyl (C=O) groups excluding carboxylic acids is 2. The highest BCUT2D eigenvalue weighted by molar-refractivity contribution is 7.92. The first-order valence-electron chi connectivity index (χ1n) is 13.0. The zero-order valence-electron chi connectivity index (χ0n) is 22.4. The summed E-state index contributed by atoms with van der Waals surface area (Å²) < 4.78 is 26.2. The zero-order valence-corrected chi connectivity index (χ0v) is 23.9. The lowest BCUT2D eigenvalue weighted by Crippen LogP contribution is -2.52. The van der Waals surface area contributed by atoms with Crippen LogP contribution in [-0.2, 0) is 14.8 Å². The predicted octanol–water partition coefficient (Wildman–Crippen LogP) is 5.54. The van der Waals surface area contributed by atoms with Gasteiger partial charge in [-0.05, 0) is 66.1 Å². The van der Waals surface area contributed by atoms with E-state index in [-0.39, 0.29) is 17.7 Å². The Morgan fingerprint density at radius 2 is 1.62 bits per heavy atom. The molecule has 0 aliphatic carbocycles. The highest BCUT2D eigenvalue weighted by Crippen LogP contribution is 2.31. The molecule has 1 heterocycles. The van der Waals surface area contributed by atoms with Crippen molar-refractivity contribution < 1.29 is 18.0 Å². The molecule has 0 radical (unpaired) electrons. The van der Waals surface area contributed by atoms with Gasteiger partial charge in [0.25, 0.3) is 5.91 Å². The Labute approximate surface area is 235 Å². The number of halogens is 1. The van der Waals surface area contributed by atoms with E-state index in [0.29, 0.717) is 46.4 Å². The lowest BCUT2D eigenvalue weighted by atomic mass is 9.89. The first-order chi connectivity index (χ1) is 18.5. The summed E-state index contributed by atoms with van der Waals surface area (Å²) in [6.45, 7) is 5.11. The van der Waals surface area contributed by atoms with E-state index < -0.39 is 16.1 Å². The van der Waals surface area contributed by atoms with Gasteiger partial charge in [0.1, 0.15) is 6.04 Å². The molecule has 0 spiro atoms. The Kier molecular flexibility index (Phi) is 8.97. The minimum Gasteiger partial charge on any atom is -0.341 e. The normalized spacial score (nSPS) is 15.2. The molecule has 206 valence electrons. The monoisotopic (exact) mass is 567 g/mol. The van der Waals surface area contributed by atoms with Gasteiger partial charge in [-0.15, -0.1) is 0 Å². The van der Waals surface area contributed by atoms with Crippen LogP contribution in [0.3, 0.4) is 0 Å². The standard InChI is InChI=1S/C30H34ClN3O4S/c1-20(2)28(30(36)34-17-15-22(16-18-34)21-11-13-25(31)14-12-21)32-29(35)24-8-6-7-23(19-24)26-9-4-5-10-27(26)33-39(3,37)38/h4-14,19-20,22,28,33H,15-18H2,1-3H3,(H,32,35)/t28-/m1/s1. The number of rotatable bonds is 8. The molecular formula is C30H34ClN3O4S. The van der Waals surface area contributed by atoms with Gasteiger partial charge in [-0.25, -0.2) is 8.42 Å². The van der Waals surface area contributed by atoms with Crippen LogP contribution in [0.15, 0.2) is 72.8 Å². The molecule has 1 atom stereocenters. The molecule has 39 heavy (non-hydrogen) atoms. The molecule has 1 aliphatic heterocycles. The Morgan fingerprint density at radius 1 is 0.949 bits per heavy atom. The first kappa shape index (κ1) is 28.6. The average molecular weight is 568 g/mol. The van der Waals surface area contributed by atoms with Crippen molar-refractivity contribution in [3.8, 4) is 11.1 Å². The number of nitrogens with zero attached hydrogens (tertiary/aromatic N) is 1. The van der Waals surface area contributed by atoms with E-state index in [1.807, 2.05) is 49.1 Å². The smallest absolute Gasteiger partial charge is 0.251 e. The van der Waals surface area contributed by atoms with Crippen LogP contribution in [0.2, 0.25) is 5.02 Å². The number of carbonyl (C=O) groups is 2. The number of nitrogens with one attached hydrogen (secondary N) is 2. The highest BCUT2D eigenvalue weighted by atomic mass is 35.5. The Bertz CT molecular complexity index is 1430. The lowest BCUT2D eigenvalue weighted by molar-refractivity contribution is -0.135. The maximum atomic E-state index is 13.5. The summed E-state index contributed by atoms with van der Waals surface area (Å²) in [4.78, 5) is 28.6. The summed E-state index contributed by atoms with van der Waals surface area (Å²) in [5, 5.41) is 3.66. The third kappa shape index (κ3) is 7.40. The van der Waals surface area contributed by atoms with E-state index >= 15 is 0 Å². The van der Waals surface area contributed by atoms with Crippen molar-refractivity contribution in [2.75, 3.05) is 24.1 Å². The minimum absolute atomic E-state index is 0.0771. The summed E-state index contributed by atoms with van der Waals surface area (Å²) >= 11 is 6.02. The van der Waals surface area contributed by atoms with Gasteiger partial charge in [0.05, 0.1) is 11.9 Å². The molecule has 9 heteroatoms. The molecule has 0 unspecified atom stereocenters. The molecule has 0 aromatic heterocycles. The molecule has 3 aromatic carbocycles. The molecule has 4 rings (SSSR count). The molecule has 1 fully saturated rings. The Balaban J connectivity index is 1.46. The number of benzene rings is 3. The minimum atomic E-state index is -3.48. The molecule has 0 bridgehead atoms. The quantitative estimate of drug-likeness (QED) is 0.373. The summed E-state index contributed by atoms with van der Waals surface area (Å²) in [5.41, 5.74) is 3.38. The summed E-state index contributed by atoms with van der Waals surface area (Å²) in [6, 6.07) is 21.2. The maximum absolute atomic E-state index is 13.5. The maximum Gasteiger partial charge on any atom is 0.251 e. The van der Waals surface area contributed by atoms with Gasteiger partial charge in [-0.1, -0.05) is 67.9 Å². The van der Waals surface area contributed by atoms with Crippen LogP contribution in [0.1, 0.15) is 48.5 Å². The zero-order chi connectivity index (χ0) is 28.2. The van der Waals surface area contributed by atoms with E-state index in [2.05, 4.69) is 10.0 Å². The van der Waals surface area contributed by atoms with Crippen LogP contribution in [-0.4, -0.2) is 50.5 Å². The number of para-hydroxylation sites is 1. The number of likely N-dealkylation sites (tertiary alicyclic amines) is 1. The summed E-state index contributed by atoms with van der Waals surface area (Å²) in [6.07, 6.45) is 2.81. The second kappa shape index (κ2) is 12.2. The number of sulfonamides is 1. The van der Waals surface area contributed by atoms with Gasteiger partial charge < -0.3 is 10.2 Å². The number of hydrogen-bond acceptors (Lipinski definition) is 4. The highest BCUT2D eigenvalue weighted by Gasteiger charge is 2.32. The van der Waals surface area contributed by atoms with Gasteiger partial charge in [-0.2, -0.15) is 0 Å². The Hall–Kier alpha value is -3.36. The van der Waals surface area contributed by atoms with Gasteiger partial charge >= 0.3 is 0 Å². The summed E-state index contributed by atoms with van der Waals surface area (Å²) in [5.74, 6) is -0.153. The van der Waals surface area contributed by atoms with E-state index in [0.717, 1.165) is 19.1 Å². The van der Waals surface area contributed by atoms with E-state index in [1.165, 1.54) is 5.56 Å². The van der Waals surface area contributed by atoms with Crippen LogP contribution in [0.25, 0.3) is 11.1 Å². The topological polar surface area (TPSA) is 95.6 Å². The van der Waals surface area contributed by atoms with Gasteiger partial charge in [0.2, 0.25) is 15.9 Å². The number of anilines is 1. The molecule has 3 aromatic rings. The van der Waals surface area contributed by atoms with Crippen LogP contribution in [0.4, 0.5) is 5.69 Å². The van der Waals surface area contributed by atoms with Crippen LogP contribution < -0.4 is 10.0 Å². The van der Waals surface area contributed by atoms with Crippen molar-refractivity contribution >= 4 is 39.1 Å². The average Bonchev–Trinajstić information content (AvgIpc) is 2.91. The van der Waals surface area contributed by atoms with Crippen molar-refractivity contribution in [2.45, 2.75) is 38.6 Å². The van der Waals surface area contributed by atoms with Gasteiger partial charge in [-0.3, -0.25) is 14.3 Å². The Morgan fingerprint density at radius 3 is 2.26 bits per heavy atom. The second-order valence-electron chi connectivity index (χ2n) is 10.3. The van der Waals surface area contributed by atoms with E-state index in [1.54, 1.807) is 42.5 Å². The van der Waals surface area contributed by atoms with Crippen molar-refractivity contribution in [2.24, 2.45) is 5.92 Å². The summed E-state index contributed by atoms with van der Waals surface area (Å²) in [7, 11) is -3.48. The lowest BCUT2D eigenvalue weighted by Gasteiger charge is -2.35. The predicted molar refractivity (Wildman–Crippen MR) is 156 cm³/mol. The fraction of sp³-hybridized carbons (Fsp3) is 0.333. The molecule has 1 saturated heterocycles. The van der Waals surface area contributed by atoms with Crippen LogP contribution in [0.5, 0.6) is 0 Å². The van der Waals surface area contributed by atoms with Crippen LogP contribution in [0, 0.1) is 5.92 Å². The van der Waals surface area contributed by atoms with E-state index in [4.69, 9.17) is 11.6 Å². The van der Waals surface area contributed by atoms with E-state index in [9.17, 15) is 18.0 Å². The van der Waals surface area contributed by atoms with Gasteiger partial charge in [0, 0.05) is 29.2 Å². The molecule has 7 nitrogen and oxygen atoms in total. The number of piperidine rings is 1. The molecule has 1 aliphatic rings. The molecule has 2 N–H and O–H groups in total. The van der Waals surface area contributed by atoms with Crippen molar-refractivity contribution in [1.82, 2.24) is 10.2 Å². The van der Waals surface area contributed by atoms with Crippen LogP contribution >= 0.6 is 11.6 Å². The SMILES string of the molecule is CC(C)[C@@H](NC(=O)c1cccc(-c2ccccc2NS(C)(=O)=O)c1)C(=O)N1CCC(c2ccc(Cl)cc2)CC1. The third-order valence-corrected chi connectivity index (χ3v) is 7.87. The first-order valence-corrected chi connectivity index (χ1v) is 15.3. The van der Waals surface area contributed by atoms with Crippen molar-refractivity contribution in [1.29, 1.82) is 0 Å². The fourth-order valence-corrected chi connectivity index (χ4v) is 5.66. The largest absolute Gasteiger partial charge is 0.341 e. The number of amides is 2. The van der Waals surface area contributed by atoms with Crippen molar-refractivity contribution in [3.63, 3.8) is 0 Å². The molecule has 0 saturated carbocycles. The fourth-order valence-electron chi connectivity index (χ4n) is 4.95. The van der Waals surface area contributed by atoms with Gasteiger partial charge in [0.15, 0.2) is 0 Å². The molecular weight excluding hydrogens is 534 g/mol. The third-order valence-electron chi connectivity index (χ3n) is 7.03. The molecule has 2 amide bonds. The second-order valence-corrected chi connectivity index (χ2v) is 12.5. The van der Waals surface area contributed by atoms with Crippen molar-refractivity contribution in [3.05, 3.63) is 88.9 Å². The number of hydrogen-bond donors (Lipinski definition) is 2.